The Kier molecular flexibility index (Phi) is 5.02. The summed E-state index contributed by atoms with van der Waals surface area (Å²) in [6.45, 7) is 12.2. The average Bonchev–Trinajstić information content (AvgIpc) is 2.25. The lowest BCUT2D eigenvalue weighted by atomic mass is 9.78. The first-order valence-corrected chi connectivity index (χ1v) is 8.42. The number of allylic oxidation sites excluding steroid dienone is 3. The zero-order valence-corrected chi connectivity index (χ0v) is 13.6. The highest BCUT2D eigenvalue weighted by atomic mass is 32.2. The van der Waals surface area contributed by atoms with Crippen LogP contribution in [0.5, 0.6) is 0 Å². The van der Waals surface area contributed by atoms with Gasteiger partial charge in [-0.2, -0.15) is 8.42 Å². The van der Waals surface area contributed by atoms with E-state index >= 15 is 0 Å². The van der Waals surface area contributed by atoms with E-state index in [-0.39, 0.29) is 16.7 Å². The topological polar surface area (TPSA) is 54.4 Å². The first kappa shape index (κ1) is 16.4. The van der Waals surface area contributed by atoms with Crippen molar-refractivity contribution in [3.05, 3.63) is 22.1 Å². The highest BCUT2D eigenvalue weighted by molar-refractivity contribution is 7.90. The van der Waals surface area contributed by atoms with E-state index in [0.717, 1.165) is 17.6 Å². The lowest BCUT2D eigenvalue weighted by molar-refractivity contribution is 0.431. The van der Waals surface area contributed by atoms with Gasteiger partial charge in [0.2, 0.25) is 0 Å². The predicted octanol–water partition coefficient (Wildman–Crippen LogP) is 4.04. The third kappa shape index (κ3) is 3.69. The van der Waals surface area contributed by atoms with Gasteiger partial charge in [-0.1, -0.05) is 47.6 Å². The fourth-order valence-electron chi connectivity index (χ4n) is 2.59. The van der Waals surface area contributed by atoms with Crippen LogP contribution < -0.4 is 0 Å². The fraction of sp³-hybridized carbons (Fsp3) is 0.733. The summed E-state index contributed by atoms with van der Waals surface area (Å²) in [6, 6.07) is 0. The van der Waals surface area contributed by atoms with Gasteiger partial charge in [-0.3, -0.25) is 4.55 Å². The van der Waals surface area contributed by atoms with Crippen molar-refractivity contribution in [3.63, 3.8) is 0 Å². The minimum atomic E-state index is -4.15. The molecular weight excluding hydrogens is 260 g/mol. The molecule has 1 aliphatic carbocycles. The van der Waals surface area contributed by atoms with Crippen molar-refractivity contribution >= 4 is 10.1 Å². The minimum absolute atomic E-state index is 0.0900. The molecule has 1 rings (SSSR count). The van der Waals surface area contributed by atoms with Crippen LogP contribution in [0.15, 0.2) is 22.1 Å². The maximum atomic E-state index is 11.7. The standard InChI is InChI=1S/C15H26O3S/c1-9(2)12-7-13(10(3)4)15(19(16,17)18)14(8-12)11(5)6/h7,9-12H,8H2,1-6H3,(H,16,17,18). The fourth-order valence-corrected chi connectivity index (χ4v) is 3.84. The molecule has 0 spiro atoms. The molecule has 0 aromatic heterocycles. The molecule has 0 saturated carbocycles. The van der Waals surface area contributed by atoms with Crippen molar-refractivity contribution in [1.82, 2.24) is 0 Å². The largest absolute Gasteiger partial charge is 0.294 e. The molecule has 0 heterocycles. The first-order chi connectivity index (χ1) is 8.55. The SMILES string of the molecule is CC(C)C1=CC(C(C)C)CC(C(C)C)=C1S(=O)(=O)O. The summed E-state index contributed by atoms with van der Waals surface area (Å²) in [5, 5.41) is 0. The smallest absolute Gasteiger partial charge is 0.282 e. The average molecular weight is 286 g/mol. The van der Waals surface area contributed by atoms with Crippen LogP contribution in [0.4, 0.5) is 0 Å². The summed E-state index contributed by atoms with van der Waals surface area (Å²) in [5.74, 6) is 1.03. The number of rotatable bonds is 4. The Bertz CT molecular complexity index is 493. The molecule has 0 aromatic carbocycles. The summed E-state index contributed by atoms with van der Waals surface area (Å²) in [7, 11) is -4.15. The lowest BCUT2D eigenvalue weighted by Crippen LogP contribution is -2.22. The van der Waals surface area contributed by atoms with E-state index in [1.165, 1.54) is 0 Å². The third-order valence-corrected chi connectivity index (χ3v) is 4.85. The van der Waals surface area contributed by atoms with E-state index in [4.69, 9.17) is 0 Å². The van der Waals surface area contributed by atoms with E-state index in [2.05, 4.69) is 13.8 Å². The zero-order chi connectivity index (χ0) is 15.0. The van der Waals surface area contributed by atoms with Gasteiger partial charge in [-0.15, -0.1) is 0 Å². The molecule has 3 nitrogen and oxygen atoms in total. The second-order valence-corrected chi connectivity index (χ2v) is 7.73. The molecule has 0 aliphatic heterocycles. The Morgan fingerprint density at radius 3 is 1.95 bits per heavy atom. The summed E-state index contributed by atoms with van der Waals surface area (Å²) < 4.78 is 33.1. The predicted molar refractivity (Wildman–Crippen MR) is 79.3 cm³/mol. The van der Waals surface area contributed by atoms with Gasteiger partial charge in [0.1, 0.15) is 0 Å². The Labute approximate surface area is 117 Å². The van der Waals surface area contributed by atoms with Gasteiger partial charge in [0.15, 0.2) is 0 Å². The molecule has 0 bridgehead atoms. The first-order valence-electron chi connectivity index (χ1n) is 6.98. The molecule has 0 radical (unpaired) electrons. The van der Waals surface area contributed by atoms with Gasteiger partial charge in [0, 0.05) is 0 Å². The molecule has 110 valence electrons. The van der Waals surface area contributed by atoms with Crippen LogP contribution in [0, 0.1) is 23.7 Å². The molecule has 1 unspecified atom stereocenters. The van der Waals surface area contributed by atoms with E-state index in [9.17, 15) is 13.0 Å². The maximum absolute atomic E-state index is 11.7. The molecule has 1 atom stereocenters. The lowest BCUT2D eigenvalue weighted by Gasteiger charge is -2.31. The highest BCUT2D eigenvalue weighted by Crippen LogP contribution is 2.40. The molecule has 0 saturated heterocycles. The van der Waals surface area contributed by atoms with E-state index in [1.54, 1.807) is 0 Å². The Morgan fingerprint density at radius 1 is 1.11 bits per heavy atom. The quantitative estimate of drug-likeness (QED) is 0.793. The van der Waals surface area contributed by atoms with Crippen LogP contribution >= 0.6 is 0 Å². The summed E-state index contributed by atoms with van der Waals surface area (Å²) in [6.07, 6.45) is 2.77. The molecule has 0 aromatic rings. The summed E-state index contributed by atoms with van der Waals surface area (Å²) in [5.41, 5.74) is 1.64. The van der Waals surface area contributed by atoms with Crippen molar-refractivity contribution in [2.24, 2.45) is 23.7 Å². The Morgan fingerprint density at radius 2 is 1.63 bits per heavy atom. The molecule has 4 heteroatoms. The van der Waals surface area contributed by atoms with Crippen molar-refractivity contribution in [3.8, 4) is 0 Å². The van der Waals surface area contributed by atoms with Gasteiger partial charge in [-0.05, 0) is 41.2 Å². The van der Waals surface area contributed by atoms with E-state index in [1.807, 2.05) is 33.8 Å². The minimum Gasteiger partial charge on any atom is -0.282 e. The van der Waals surface area contributed by atoms with Crippen molar-refractivity contribution in [1.29, 1.82) is 0 Å². The normalized spacial score (nSPS) is 21.6. The maximum Gasteiger partial charge on any atom is 0.294 e. The molecule has 1 N–H and O–H groups in total. The zero-order valence-electron chi connectivity index (χ0n) is 12.8. The van der Waals surface area contributed by atoms with Crippen LogP contribution in [0.2, 0.25) is 0 Å². The van der Waals surface area contributed by atoms with Crippen LogP contribution in [-0.2, 0) is 10.1 Å². The van der Waals surface area contributed by atoms with Gasteiger partial charge in [0.05, 0.1) is 4.91 Å². The number of hydrogen-bond donors (Lipinski definition) is 1. The van der Waals surface area contributed by atoms with Crippen molar-refractivity contribution < 1.29 is 13.0 Å². The van der Waals surface area contributed by atoms with Gasteiger partial charge in [-0.25, -0.2) is 0 Å². The molecule has 0 fully saturated rings. The van der Waals surface area contributed by atoms with Gasteiger partial charge >= 0.3 is 0 Å². The van der Waals surface area contributed by atoms with Crippen molar-refractivity contribution in [2.45, 2.75) is 48.0 Å². The van der Waals surface area contributed by atoms with Crippen LogP contribution in [0.3, 0.4) is 0 Å². The van der Waals surface area contributed by atoms with Crippen LogP contribution in [-0.4, -0.2) is 13.0 Å². The molecule has 19 heavy (non-hydrogen) atoms. The molecular formula is C15H26O3S. The highest BCUT2D eigenvalue weighted by Gasteiger charge is 2.32. The Balaban J connectivity index is 3.48. The summed E-state index contributed by atoms with van der Waals surface area (Å²) in [4.78, 5) is 0.175. The van der Waals surface area contributed by atoms with Gasteiger partial charge < -0.3 is 0 Å². The van der Waals surface area contributed by atoms with E-state index in [0.29, 0.717) is 11.8 Å². The number of hydrogen-bond acceptors (Lipinski definition) is 2. The van der Waals surface area contributed by atoms with Gasteiger partial charge in [0.25, 0.3) is 10.1 Å². The van der Waals surface area contributed by atoms with Crippen LogP contribution in [0.1, 0.15) is 48.0 Å². The summed E-state index contributed by atoms with van der Waals surface area (Å²) >= 11 is 0. The van der Waals surface area contributed by atoms with Crippen molar-refractivity contribution in [2.75, 3.05) is 0 Å². The molecule has 0 amide bonds. The van der Waals surface area contributed by atoms with E-state index < -0.39 is 10.1 Å². The second-order valence-electron chi connectivity index (χ2n) is 6.37. The second kappa shape index (κ2) is 5.80. The Hall–Kier alpha value is -0.610. The third-order valence-electron chi connectivity index (χ3n) is 3.84. The van der Waals surface area contributed by atoms with Crippen LogP contribution in [0.25, 0.3) is 0 Å². The monoisotopic (exact) mass is 286 g/mol. The molecule has 1 aliphatic rings.